The molecule has 0 unspecified atom stereocenters. The second kappa shape index (κ2) is 8.19. The Morgan fingerprint density at radius 1 is 0.781 bits per heavy atom. The highest BCUT2D eigenvalue weighted by atomic mass is 15.2. The summed E-state index contributed by atoms with van der Waals surface area (Å²) in [4.78, 5) is 0. The highest BCUT2D eigenvalue weighted by Gasteiger charge is 2.56. The number of aryl methyl sites for hydroxylation is 1. The van der Waals surface area contributed by atoms with E-state index in [4.69, 9.17) is 0 Å². The molecule has 0 saturated heterocycles. The Morgan fingerprint density at radius 2 is 1.38 bits per heavy atom. The minimum absolute atomic E-state index is 0.230. The van der Waals surface area contributed by atoms with Crippen LogP contribution in [0.1, 0.15) is 112 Å². The molecule has 0 spiro atoms. The van der Waals surface area contributed by atoms with Crippen molar-refractivity contribution >= 4 is 6.08 Å². The Labute approximate surface area is 194 Å². The first-order valence-corrected chi connectivity index (χ1v) is 13.6. The molecule has 0 N–H and O–H groups in total. The smallest absolute Gasteiger partial charge is 0.217 e. The fourth-order valence-corrected chi connectivity index (χ4v) is 8.15. The van der Waals surface area contributed by atoms with Gasteiger partial charge in [0.15, 0.2) is 11.4 Å². The zero-order valence-electron chi connectivity index (χ0n) is 20.3. The van der Waals surface area contributed by atoms with Gasteiger partial charge in [-0.25, -0.2) is 4.57 Å². The largest absolute Gasteiger partial charge is 0.266 e. The van der Waals surface area contributed by atoms with Crippen LogP contribution in [0, 0.1) is 25.7 Å². The average molecular weight is 430 g/mol. The van der Waals surface area contributed by atoms with Crippen LogP contribution < -0.4 is 4.57 Å². The standard InChI is InChI=1S/C30H41N2/c1-22-12-6-11-19-27(22)31-23(2)28-20-21-30(25-15-7-8-16-25,26-17-9-10-18-26)32(28)29(31)24-13-4-3-5-14-24/h6,11-12,19-21,24-26H,3-5,7-10,13-18H2,1-2H3/q+1. The lowest BCUT2D eigenvalue weighted by atomic mass is 9.71. The zero-order chi connectivity index (χ0) is 21.7. The minimum Gasteiger partial charge on any atom is -0.217 e. The lowest BCUT2D eigenvalue weighted by molar-refractivity contribution is -0.772. The van der Waals surface area contributed by atoms with Crippen molar-refractivity contribution in [2.45, 2.75) is 109 Å². The maximum atomic E-state index is 2.97. The number of hydrogen-bond donors (Lipinski definition) is 0. The first-order chi connectivity index (χ1) is 15.7. The summed E-state index contributed by atoms with van der Waals surface area (Å²) in [6.07, 6.45) is 23.6. The molecule has 2 aromatic rings. The maximum absolute atomic E-state index is 2.97. The predicted octanol–water partition coefficient (Wildman–Crippen LogP) is 7.53. The summed E-state index contributed by atoms with van der Waals surface area (Å²) >= 11 is 0. The highest BCUT2D eigenvalue weighted by molar-refractivity contribution is 5.54. The van der Waals surface area contributed by atoms with E-state index in [9.17, 15) is 0 Å². The molecule has 6 rings (SSSR count). The van der Waals surface area contributed by atoms with Crippen LogP contribution in [0.5, 0.6) is 0 Å². The molecule has 0 radical (unpaired) electrons. The Kier molecular flexibility index (Phi) is 5.31. The van der Waals surface area contributed by atoms with E-state index < -0.39 is 0 Å². The van der Waals surface area contributed by atoms with E-state index >= 15 is 0 Å². The second-order valence-corrected chi connectivity index (χ2v) is 11.3. The third-order valence-corrected chi connectivity index (χ3v) is 9.65. The van der Waals surface area contributed by atoms with Gasteiger partial charge in [-0.2, -0.15) is 4.57 Å². The lowest BCUT2D eigenvalue weighted by Gasteiger charge is -2.39. The summed E-state index contributed by atoms with van der Waals surface area (Å²) in [5.41, 5.74) is 6.03. The van der Waals surface area contributed by atoms with E-state index in [1.807, 2.05) is 0 Å². The first-order valence-electron chi connectivity index (χ1n) is 13.6. The van der Waals surface area contributed by atoms with Crippen LogP contribution >= 0.6 is 0 Å². The molecular formula is C30H41N2+. The predicted molar refractivity (Wildman–Crippen MR) is 132 cm³/mol. The molecule has 2 heteroatoms. The monoisotopic (exact) mass is 429 g/mol. The quantitative estimate of drug-likeness (QED) is 0.444. The summed E-state index contributed by atoms with van der Waals surface area (Å²) < 4.78 is 5.68. The average Bonchev–Trinajstić information content (AvgIpc) is 3.61. The Bertz CT molecular complexity index is 992. The fourth-order valence-electron chi connectivity index (χ4n) is 8.15. The van der Waals surface area contributed by atoms with Gasteiger partial charge in [-0.3, -0.25) is 0 Å². The van der Waals surface area contributed by atoms with Crippen LogP contribution in [0.25, 0.3) is 11.8 Å². The molecule has 3 saturated carbocycles. The van der Waals surface area contributed by atoms with E-state index in [0.717, 1.165) is 11.8 Å². The van der Waals surface area contributed by atoms with Crippen LogP contribution in [0.15, 0.2) is 30.3 Å². The van der Waals surface area contributed by atoms with Crippen molar-refractivity contribution in [2.75, 3.05) is 0 Å². The molecule has 0 atom stereocenters. The number of nitrogens with zero attached hydrogens (tertiary/aromatic N) is 2. The van der Waals surface area contributed by atoms with E-state index in [0.29, 0.717) is 5.92 Å². The van der Waals surface area contributed by atoms with Gasteiger partial charge in [0.25, 0.3) is 5.82 Å². The van der Waals surface area contributed by atoms with Gasteiger partial charge >= 0.3 is 0 Å². The van der Waals surface area contributed by atoms with Gasteiger partial charge in [-0.15, -0.1) is 0 Å². The van der Waals surface area contributed by atoms with Crippen molar-refractivity contribution in [1.29, 1.82) is 0 Å². The fraction of sp³-hybridized carbons (Fsp3) is 0.633. The van der Waals surface area contributed by atoms with Crippen molar-refractivity contribution in [3.63, 3.8) is 0 Å². The zero-order valence-corrected chi connectivity index (χ0v) is 20.3. The minimum atomic E-state index is 0.230. The van der Waals surface area contributed by atoms with Crippen molar-refractivity contribution in [2.24, 2.45) is 11.8 Å². The van der Waals surface area contributed by atoms with Crippen LogP contribution in [-0.2, 0) is 5.54 Å². The van der Waals surface area contributed by atoms with E-state index in [-0.39, 0.29) is 5.54 Å². The van der Waals surface area contributed by atoms with Crippen molar-refractivity contribution in [3.8, 4) is 5.69 Å². The number of imidazole rings is 1. The number of benzene rings is 1. The molecule has 32 heavy (non-hydrogen) atoms. The van der Waals surface area contributed by atoms with Crippen molar-refractivity contribution < 1.29 is 4.57 Å². The normalized spacial score (nSPS) is 23.9. The van der Waals surface area contributed by atoms with E-state index in [1.54, 1.807) is 5.82 Å². The van der Waals surface area contributed by atoms with Gasteiger partial charge < -0.3 is 0 Å². The second-order valence-electron chi connectivity index (χ2n) is 11.3. The van der Waals surface area contributed by atoms with Gasteiger partial charge in [0.05, 0.1) is 5.92 Å². The van der Waals surface area contributed by atoms with Crippen molar-refractivity contribution in [3.05, 3.63) is 53.1 Å². The lowest BCUT2D eigenvalue weighted by Crippen LogP contribution is -2.63. The molecule has 170 valence electrons. The van der Waals surface area contributed by atoms with Crippen LogP contribution in [0.3, 0.4) is 0 Å². The Balaban J connectivity index is 1.62. The third kappa shape index (κ3) is 3.01. The first kappa shape index (κ1) is 20.8. The molecule has 3 fully saturated rings. The van der Waals surface area contributed by atoms with Crippen LogP contribution in [0.2, 0.25) is 0 Å². The molecule has 0 amide bonds. The van der Waals surface area contributed by atoms with Gasteiger partial charge in [0, 0.05) is 18.8 Å². The molecule has 1 aliphatic heterocycles. The molecule has 4 aliphatic rings. The summed E-state index contributed by atoms with van der Waals surface area (Å²) in [6.45, 7) is 4.69. The molecule has 1 aromatic heterocycles. The number of aromatic nitrogens is 2. The van der Waals surface area contributed by atoms with Crippen LogP contribution in [0.4, 0.5) is 0 Å². The summed E-state index contributed by atoms with van der Waals surface area (Å²) in [5, 5.41) is 0. The molecule has 2 nitrogen and oxygen atoms in total. The Morgan fingerprint density at radius 3 is 2.00 bits per heavy atom. The van der Waals surface area contributed by atoms with Gasteiger partial charge in [0.1, 0.15) is 11.2 Å². The van der Waals surface area contributed by atoms with Crippen molar-refractivity contribution in [1.82, 2.24) is 4.57 Å². The number of fused-ring (bicyclic) bond motifs is 1. The van der Waals surface area contributed by atoms with Gasteiger partial charge in [-0.1, -0.05) is 63.1 Å². The number of para-hydroxylation sites is 1. The molecular weight excluding hydrogens is 388 g/mol. The molecule has 3 aliphatic carbocycles. The molecule has 0 bridgehead atoms. The highest BCUT2D eigenvalue weighted by Crippen LogP contribution is 2.51. The van der Waals surface area contributed by atoms with Crippen LogP contribution in [-0.4, -0.2) is 4.57 Å². The number of hydrogen-bond acceptors (Lipinski definition) is 0. The SMILES string of the molecule is Cc1ccccc1-n1c(C)c2[n+](c1C1CCCCC1)C(C1CCCC1)(C1CCCC1)C=C2. The topological polar surface area (TPSA) is 8.81 Å². The Hall–Kier alpha value is -1.83. The van der Waals surface area contributed by atoms with Gasteiger partial charge in [-0.05, 0) is 69.2 Å². The maximum Gasteiger partial charge on any atom is 0.266 e. The molecule has 2 heterocycles. The van der Waals surface area contributed by atoms with E-state index in [1.165, 1.54) is 106 Å². The summed E-state index contributed by atoms with van der Waals surface area (Å²) in [7, 11) is 0. The summed E-state index contributed by atoms with van der Waals surface area (Å²) in [5.74, 6) is 3.98. The number of rotatable bonds is 4. The molecule has 1 aromatic carbocycles. The summed E-state index contributed by atoms with van der Waals surface area (Å²) in [6, 6.07) is 9.09. The number of allylic oxidation sites excluding steroid dienone is 1. The van der Waals surface area contributed by atoms with Gasteiger partial charge in [0.2, 0.25) is 0 Å². The van der Waals surface area contributed by atoms with E-state index in [2.05, 4.69) is 59.4 Å². The third-order valence-electron chi connectivity index (χ3n) is 9.65.